The third kappa shape index (κ3) is 10.5. The van der Waals surface area contributed by atoms with Crippen LogP contribution in [-0.2, 0) is 33.4 Å². The molecule has 1 aromatic heterocycles. The van der Waals surface area contributed by atoms with Crippen LogP contribution >= 0.6 is 0 Å². The molecule has 1 aliphatic heterocycles. The average molecular weight is 676 g/mol. The number of rotatable bonds is 14. The fourth-order valence-corrected chi connectivity index (χ4v) is 4.95. The highest BCUT2D eigenvalue weighted by Crippen LogP contribution is 2.24. The van der Waals surface area contributed by atoms with Gasteiger partial charge in [-0.15, -0.1) is 0 Å². The van der Waals surface area contributed by atoms with Gasteiger partial charge >= 0.3 is 18.6 Å². The molecule has 3 amide bonds. The lowest BCUT2D eigenvalue weighted by Crippen LogP contribution is -2.62. The number of carbonyl (C=O) groups excluding carboxylic acids is 4. The fraction of sp³-hybridized carbons (Fsp3) is 0.515. The highest BCUT2D eigenvalue weighted by atomic mass is 19.3. The topological polar surface area (TPSA) is 176 Å². The molecule has 0 bridgehead atoms. The number of hydrogen-bond donors (Lipinski definition) is 4. The fourth-order valence-electron chi connectivity index (χ4n) is 4.95. The van der Waals surface area contributed by atoms with E-state index in [-0.39, 0.29) is 13.0 Å². The van der Waals surface area contributed by atoms with Crippen LogP contribution in [0.25, 0.3) is 17.0 Å². The maximum Gasteiger partial charge on any atom is 0.345 e. The lowest BCUT2D eigenvalue weighted by Gasteiger charge is -2.35. The van der Waals surface area contributed by atoms with Gasteiger partial charge in [0.25, 0.3) is 5.91 Å². The number of amides is 3. The predicted octanol–water partition coefficient (Wildman–Crippen LogP) is 3.34. The van der Waals surface area contributed by atoms with Crippen LogP contribution in [0.1, 0.15) is 71.7 Å². The number of hydrazine groups is 1. The van der Waals surface area contributed by atoms with Crippen molar-refractivity contribution in [3.63, 3.8) is 0 Å². The van der Waals surface area contributed by atoms with Gasteiger partial charge in [0, 0.05) is 18.9 Å². The van der Waals surface area contributed by atoms with E-state index in [1.807, 2.05) is 24.3 Å². The van der Waals surface area contributed by atoms with E-state index < -0.39 is 78.4 Å². The number of esters is 1. The van der Waals surface area contributed by atoms with E-state index in [0.29, 0.717) is 17.6 Å². The number of halogens is 2. The molecule has 3 rings (SSSR count). The Balaban J connectivity index is 1.74. The summed E-state index contributed by atoms with van der Waals surface area (Å²) in [6.45, 7) is 5.67. The van der Waals surface area contributed by atoms with Crippen molar-refractivity contribution in [2.45, 2.75) is 85.2 Å². The van der Waals surface area contributed by atoms with Gasteiger partial charge in [-0.3, -0.25) is 29.0 Å². The Kier molecular flexibility index (Phi) is 13.1. The predicted molar refractivity (Wildman–Crippen MR) is 171 cm³/mol. The number of nitrogens with one attached hydrogen (secondary N) is 3. The van der Waals surface area contributed by atoms with Crippen LogP contribution < -0.4 is 16.1 Å². The van der Waals surface area contributed by atoms with Gasteiger partial charge in [0.15, 0.2) is 0 Å². The molecule has 1 aromatic carbocycles. The second-order valence-electron chi connectivity index (χ2n) is 12.5. The monoisotopic (exact) mass is 675 g/mol. The first kappa shape index (κ1) is 38.0. The van der Waals surface area contributed by atoms with E-state index in [9.17, 15) is 37.9 Å². The van der Waals surface area contributed by atoms with E-state index in [0.717, 1.165) is 16.0 Å². The number of carbonyl (C=O) groups is 5. The first-order valence-electron chi connectivity index (χ1n) is 15.6. The van der Waals surface area contributed by atoms with Crippen LogP contribution in [0, 0.1) is 11.3 Å². The van der Waals surface area contributed by atoms with Crippen molar-refractivity contribution in [1.82, 2.24) is 26.1 Å². The van der Waals surface area contributed by atoms with Crippen molar-refractivity contribution in [3.05, 3.63) is 47.7 Å². The molecule has 13 nitrogen and oxygen atoms in total. The van der Waals surface area contributed by atoms with Crippen molar-refractivity contribution < 1.29 is 47.3 Å². The molecule has 0 aliphatic carbocycles. The van der Waals surface area contributed by atoms with Crippen molar-refractivity contribution in [2.75, 3.05) is 13.2 Å². The summed E-state index contributed by atoms with van der Waals surface area (Å²) in [4.78, 5) is 67.4. The zero-order chi connectivity index (χ0) is 35.8. The Morgan fingerprint density at radius 1 is 1.12 bits per heavy atom. The minimum Gasteiger partial charge on any atom is -0.480 e. The minimum absolute atomic E-state index is 0.0936. The van der Waals surface area contributed by atoms with Gasteiger partial charge in [0.1, 0.15) is 24.2 Å². The molecule has 4 atom stereocenters. The molecule has 15 heteroatoms. The largest absolute Gasteiger partial charge is 0.480 e. The molecule has 4 N–H and O–H groups in total. The van der Waals surface area contributed by atoms with E-state index >= 15 is 0 Å². The smallest absolute Gasteiger partial charge is 0.345 e. The second-order valence-corrected chi connectivity index (χ2v) is 12.5. The molecule has 2 heterocycles. The van der Waals surface area contributed by atoms with Gasteiger partial charge in [0.2, 0.25) is 11.8 Å². The number of carboxylic acids is 1. The summed E-state index contributed by atoms with van der Waals surface area (Å²) in [7, 11) is 0. The van der Waals surface area contributed by atoms with Crippen molar-refractivity contribution >= 4 is 46.6 Å². The lowest BCUT2D eigenvalue weighted by atomic mass is 9.89. The molecule has 0 saturated carbocycles. The number of nitrogens with zero attached hydrogens (tertiary/aromatic N) is 2. The zero-order valence-corrected chi connectivity index (χ0v) is 27.8. The molecular weight excluding hydrogens is 632 g/mol. The molecule has 1 fully saturated rings. The standard InChI is InChI=1S/C33H43F2N5O8/c1-18(2)27(28(42)37-26(17-47-32(34)35)29(43)40-15-7-8-24(39-40)30(44)45)38-31(46)33(5,6)14-13-21-9-10-22-11-12-23(36-25(22)16-21)19(3)48-20(4)41/h9-14,16,18-19,24,26-27,32,39H,7-8,15,17H2,1-6H3,(H,37,42)(H,38,46)(H,44,45)/b14-13+/t19-,24+,26+,27+/m1/s1. The van der Waals surface area contributed by atoms with E-state index in [4.69, 9.17) is 4.74 Å². The molecule has 0 unspecified atom stereocenters. The lowest BCUT2D eigenvalue weighted by molar-refractivity contribution is -0.158. The van der Waals surface area contributed by atoms with Gasteiger partial charge < -0.3 is 25.2 Å². The maximum atomic E-state index is 13.4. The maximum absolute atomic E-state index is 13.4. The molecule has 1 saturated heterocycles. The number of ether oxygens (including phenoxy) is 2. The summed E-state index contributed by atoms with van der Waals surface area (Å²) in [6, 6.07) is 5.38. The first-order chi connectivity index (χ1) is 22.5. The van der Waals surface area contributed by atoms with Crippen molar-refractivity contribution in [3.8, 4) is 0 Å². The number of hydrogen-bond acceptors (Lipinski definition) is 9. The average Bonchev–Trinajstić information content (AvgIpc) is 3.03. The summed E-state index contributed by atoms with van der Waals surface area (Å²) in [5, 5.41) is 16.3. The summed E-state index contributed by atoms with van der Waals surface area (Å²) in [5.41, 5.74) is 3.39. The molecular formula is C33H43F2N5O8. The number of alkyl halides is 2. The third-order valence-corrected chi connectivity index (χ3v) is 7.76. The number of aromatic nitrogens is 1. The number of carboxylic acid groups (broad SMARTS) is 1. The Labute approximate surface area is 277 Å². The highest BCUT2D eigenvalue weighted by molar-refractivity contribution is 5.94. The Bertz CT molecular complexity index is 1530. The molecule has 1 aliphatic rings. The van der Waals surface area contributed by atoms with Crippen molar-refractivity contribution in [2.24, 2.45) is 11.3 Å². The van der Waals surface area contributed by atoms with Gasteiger partial charge in [-0.25, -0.2) is 10.4 Å². The van der Waals surface area contributed by atoms with Crippen LogP contribution in [0.3, 0.4) is 0 Å². The zero-order valence-electron chi connectivity index (χ0n) is 27.8. The molecule has 2 aromatic rings. The van der Waals surface area contributed by atoms with Crippen LogP contribution in [0.4, 0.5) is 8.78 Å². The normalized spacial score (nSPS) is 17.3. The number of pyridine rings is 1. The number of benzene rings is 1. The van der Waals surface area contributed by atoms with E-state index in [1.165, 1.54) is 6.92 Å². The Morgan fingerprint density at radius 2 is 1.81 bits per heavy atom. The number of fused-ring (bicyclic) bond motifs is 1. The summed E-state index contributed by atoms with van der Waals surface area (Å²) in [5.74, 6) is -4.25. The van der Waals surface area contributed by atoms with Gasteiger partial charge in [-0.2, -0.15) is 8.78 Å². The third-order valence-electron chi connectivity index (χ3n) is 7.76. The van der Waals surface area contributed by atoms with Crippen LogP contribution in [0.2, 0.25) is 0 Å². The minimum atomic E-state index is -3.23. The molecule has 0 spiro atoms. The second kappa shape index (κ2) is 16.6. The van der Waals surface area contributed by atoms with Crippen LogP contribution in [-0.4, -0.2) is 82.6 Å². The first-order valence-corrected chi connectivity index (χ1v) is 15.6. The summed E-state index contributed by atoms with van der Waals surface area (Å²) in [6.07, 6.45) is 3.46. The van der Waals surface area contributed by atoms with Crippen molar-refractivity contribution in [1.29, 1.82) is 0 Å². The van der Waals surface area contributed by atoms with Gasteiger partial charge in [0.05, 0.1) is 23.2 Å². The molecule has 0 radical (unpaired) electrons. The number of aliphatic carboxylic acids is 1. The van der Waals surface area contributed by atoms with Gasteiger partial charge in [-0.1, -0.05) is 44.2 Å². The van der Waals surface area contributed by atoms with Gasteiger partial charge in [-0.05, 0) is 57.2 Å². The van der Waals surface area contributed by atoms with Crippen LogP contribution in [0.5, 0.6) is 0 Å². The summed E-state index contributed by atoms with van der Waals surface area (Å²) < 4.78 is 35.4. The highest BCUT2D eigenvalue weighted by Gasteiger charge is 2.36. The SMILES string of the molecule is CC(=O)O[C@H](C)c1ccc2ccc(/C=C/C(C)(C)C(=O)N[C@H](C(=O)N[C@@H](COC(F)F)C(=O)N3CCC[C@@H](C(=O)O)N3)C(C)C)cc2n1. The molecule has 262 valence electrons. The van der Waals surface area contributed by atoms with Crippen LogP contribution in [0.15, 0.2) is 36.4 Å². The Hall–Kier alpha value is -4.50. The summed E-state index contributed by atoms with van der Waals surface area (Å²) >= 11 is 0. The quantitative estimate of drug-likeness (QED) is 0.217. The van der Waals surface area contributed by atoms with E-state index in [1.54, 1.807) is 52.8 Å². The molecule has 48 heavy (non-hydrogen) atoms. The van der Waals surface area contributed by atoms with E-state index in [2.05, 4.69) is 25.8 Å². The Morgan fingerprint density at radius 3 is 2.44 bits per heavy atom.